The van der Waals surface area contributed by atoms with Gasteiger partial charge in [-0.3, -0.25) is 4.79 Å². The molecule has 4 heteroatoms. The van der Waals surface area contributed by atoms with E-state index in [1.807, 2.05) is 24.3 Å². The van der Waals surface area contributed by atoms with Gasteiger partial charge >= 0.3 is 5.97 Å². The Morgan fingerprint density at radius 2 is 2.12 bits per heavy atom. The van der Waals surface area contributed by atoms with Crippen LogP contribution in [0.1, 0.15) is 33.1 Å². The molecule has 1 atom stereocenters. The van der Waals surface area contributed by atoms with Crippen LogP contribution >= 0.6 is 0 Å². The highest BCUT2D eigenvalue weighted by atomic mass is 16.5. The third-order valence-corrected chi connectivity index (χ3v) is 2.89. The number of ether oxygens (including phenoxy) is 1. The monoisotopic (exact) mass is 226 g/mol. The Balaban J connectivity index is 2.17. The van der Waals surface area contributed by atoms with Crippen molar-refractivity contribution in [3.05, 3.63) is 12.4 Å². The number of carbonyl (C=O) groups excluding carboxylic acids is 1. The van der Waals surface area contributed by atoms with Crippen LogP contribution in [0.4, 0.5) is 0 Å². The second-order valence-corrected chi connectivity index (χ2v) is 4.20. The van der Waals surface area contributed by atoms with E-state index in [2.05, 4.69) is 18.7 Å². The minimum absolute atomic E-state index is 0.136. The number of unbranched alkanes of at least 4 members (excludes halogenated alkanes) is 2. The van der Waals surface area contributed by atoms with E-state index in [-0.39, 0.29) is 12.1 Å². The van der Waals surface area contributed by atoms with Gasteiger partial charge in [0.25, 0.3) is 0 Å². The van der Waals surface area contributed by atoms with Crippen molar-refractivity contribution < 1.29 is 9.53 Å². The average Bonchev–Trinajstić information content (AvgIpc) is 2.56. The van der Waals surface area contributed by atoms with Crippen molar-refractivity contribution in [3.63, 3.8) is 0 Å². The van der Waals surface area contributed by atoms with Gasteiger partial charge in [-0.1, -0.05) is 19.8 Å². The number of carbonyl (C=O) groups is 1. The number of hydrogen-bond donors (Lipinski definition) is 0. The van der Waals surface area contributed by atoms with Crippen LogP contribution in [0.2, 0.25) is 0 Å². The van der Waals surface area contributed by atoms with Gasteiger partial charge in [0.1, 0.15) is 6.54 Å². The lowest BCUT2D eigenvalue weighted by Gasteiger charge is -2.25. The second-order valence-electron chi connectivity index (χ2n) is 4.20. The van der Waals surface area contributed by atoms with Crippen LogP contribution in [0.15, 0.2) is 12.4 Å². The summed E-state index contributed by atoms with van der Waals surface area (Å²) in [5.74, 6) is -0.136. The molecule has 0 fully saturated rings. The highest BCUT2D eigenvalue weighted by Crippen LogP contribution is 2.12. The van der Waals surface area contributed by atoms with Gasteiger partial charge in [-0.25, -0.2) is 0 Å². The van der Waals surface area contributed by atoms with E-state index >= 15 is 0 Å². The summed E-state index contributed by atoms with van der Waals surface area (Å²) in [5.41, 5.74) is 0. The molecule has 4 nitrogen and oxygen atoms in total. The molecule has 0 aromatic rings. The van der Waals surface area contributed by atoms with E-state index in [1.54, 1.807) is 0 Å². The van der Waals surface area contributed by atoms with Gasteiger partial charge in [0.05, 0.1) is 12.8 Å². The number of rotatable bonds is 6. The Labute approximate surface area is 97.9 Å². The van der Waals surface area contributed by atoms with Gasteiger partial charge in [-0.15, -0.1) is 0 Å². The Kier molecular flexibility index (Phi) is 5.15. The van der Waals surface area contributed by atoms with Crippen molar-refractivity contribution in [3.8, 4) is 0 Å². The first kappa shape index (κ1) is 12.9. The van der Waals surface area contributed by atoms with Crippen LogP contribution in [0.25, 0.3) is 0 Å². The Morgan fingerprint density at radius 3 is 2.69 bits per heavy atom. The second kappa shape index (κ2) is 6.40. The molecule has 92 valence electrons. The fourth-order valence-electron chi connectivity index (χ4n) is 1.59. The van der Waals surface area contributed by atoms with Gasteiger partial charge < -0.3 is 14.5 Å². The summed E-state index contributed by atoms with van der Waals surface area (Å²) >= 11 is 0. The summed E-state index contributed by atoms with van der Waals surface area (Å²) in [6, 6.07) is 0. The van der Waals surface area contributed by atoms with Crippen LogP contribution in [0.3, 0.4) is 0 Å². The van der Waals surface area contributed by atoms with Crippen LogP contribution in [-0.4, -0.2) is 42.1 Å². The minimum atomic E-state index is -0.136. The summed E-state index contributed by atoms with van der Waals surface area (Å²) < 4.78 is 5.16. The van der Waals surface area contributed by atoms with E-state index in [0.29, 0.717) is 13.2 Å². The Bertz CT molecular complexity index is 253. The third-order valence-electron chi connectivity index (χ3n) is 2.89. The smallest absolute Gasteiger partial charge is 0.325 e. The molecule has 1 heterocycles. The first-order chi connectivity index (χ1) is 7.65. The van der Waals surface area contributed by atoms with Crippen LogP contribution in [0, 0.1) is 0 Å². The van der Waals surface area contributed by atoms with Gasteiger partial charge in [-0.05, 0) is 13.3 Å². The molecule has 0 aliphatic carbocycles. The van der Waals surface area contributed by atoms with Crippen LogP contribution in [-0.2, 0) is 9.53 Å². The predicted octanol–water partition coefficient (Wildman–Crippen LogP) is 1.78. The molecule has 0 radical (unpaired) electrons. The van der Waals surface area contributed by atoms with E-state index in [9.17, 15) is 4.79 Å². The van der Waals surface area contributed by atoms with E-state index in [4.69, 9.17) is 4.74 Å². The van der Waals surface area contributed by atoms with Gasteiger partial charge in [0.2, 0.25) is 0 Å². The molecule has 16 heavy (non-hydrogen) atoms. The van der Waals surface area contributed by atoms with E-state index < -0.39 is 0 Å². The molecule has 0 spiro atoms. The zero-order chi connectivity index (χ0) is 12.0. The van der Waals surface area contributed by atoms with Crippen molar-refractivity contribution in [2.24, 2.45) is 0 Å². The van der Waals surface area contributed by atoms with Crippen molar-refractivity contribution >= 4 is 5.97 Å². The summed E-state index contributed by atoms with van der Waals surface area (Å²) in [6.45, 7) is 5.08. The maximum atomic E-state index is 11.5. The summed E-state index contributed by atoms with van der Waals surface area (Å²) in [4.78, 5) is 15.5. The Morgan fingerprint density at radius 1 is 1.38 bits per heavy atom. The molecule has 1 rings (SSSR count). The molecule has 0 amide bonds. The fourth-order valence-corrected chi connectivity index (χ4v) is 1.59. The van der Waals surface area contributed by atoms with Crippen molar-refractivity contribution in [1.82, 2.24) is 9.80 Å². The number of esters is 1. The number of hydrogen-bond acceptors (Lipinski definition) is 4. The topological polar surface area (TPSA) is 32.8 Å². The molecule has 0 saturated heterocycles. The first-order valence-corrected chi connectivity index (χ1v) is 5.96. The lowest BCUT2D eigenvalue weighted by atomic mass is 10.3. The lowest BCUT2D eigenvalue weighted by molar-refractivity contribution is -0.145. The maximum absolute atomic E-state index is 11.5. The van der Waals surface area contributed by atoms with Crippen LogP contribution in [0.5, 0.6) is 0 Å². The summed E-state index contributed by atoms with van der Waals surface area (Å²) in [6.07, 6.45) is 7.37. The van der Waals surface area contributed by atoms with Gasteiger partial charge in [-0.2, -0.15) is 0 Å². The fraction of sp³-hybridized carbons (Fsp3) is 0.750. The predicted molar refractivity (Wildman–Crippen MR) is 63.6 cm³/mol. The van der Waals surface area contributed by atoms with Crippen molar-refractivity contribution in [2.75, 3.05) is 20.2 Å². The van der Waals surface area contributed by atoms with Gasteiger partial charge in [0, 0.05) is 19.4 Å². The minimum Gasteiger partial charge on any atom is -0.464 e. The molecule has 0 aromatic heterocycles. The molecule has 0 aromatic carbocycles. The number of nitrogens with zero attached hydrogens (tertiary/aromatic N) is 2. The summed E-state index contributed by atoms with van der Waals surface area (Å²) in [5, 5.41) is 0. The lowest BCUT2D eigenvalue weighted by Crippen LogP contribution is -2.37. The molecule has 0 saturated carbocycles. The zero-order valence-corrected chi connectivity index (χ0v) is 10.5. The molecule has 1 aliphatic heterocycles. The average molecular weight is 226 g/mol. The first-order valence-electron chi connectivity index (χ1n) is 5.96. The highest BCUT2D eigenvalue weighted by molar-refractivity contribution is 5.71. The molecule has 0 N–H and O–H groups in total. The maximum Gasteiger partial charge on any atom is 0.325 e. The largest absolute Gasteiger partial charge is 0.464 e. The zero-order valence-electron chi connectivity index (χ0n) is 10.5. The molecule has 1 aliphatic rings. The quantitative estimate of drug-likeness (QED) is 0.510. The SMILES string of the molecule is CCCCCOC(=O)CN1C=CN(C)C1C. The van der Waals surface area contributed by atoms with E-state index in [1.165, 1.54) is 0 Å². The molecule has 1 unspecified atom stereocenters. The van der Waals surface area contributed by atoms with Gasteiger partial charge in [0.15, 0.2) is 0 Å². The molecular weight excluding hydrogens is 204 g/mol. The van der Waals surface area contributed by atoms with E-state index in [0.717, 1.165) is 19.3 Å². The standard InChI is InChI=1S/C12H22N2O2/c1-4-5-6-9-16-12(15)10-14-8-7-13(3)11(14)2/h7-8,11H,4-6,9-10H2,1-3H3. The highest BCUT2D eigenvalue weighted by Gasteiger charge is 2.21. The third kappa shape index (κ3) is 3.76. The van der Waals surface area contributed by atoms with Crippen molar-refractivity contribution in [1.29, 1.82) is 0 Å². The summed E-state index contributed by atoms with van der Waals surface area (Å²) in [7, 11) is 1.99. The normalized spacial score (nSPS) is 19.3. The van der Waals surface area contributed by atoms with Crippen LogP contribution < -0.4 is 0 Å². The molecule has 0 bridgehead atoms. The molecular formula is C12H22N2O2. The Hall–Kier alpha value is -1.19. The van der Waals surface area contributed by atoms with Crippen molar-refractivity contribution in [2.45, 2.75) is 39.3 Å².